The van der Waals surface area contributed by atoms with Crippen LogP contribution in [0.4, 0.5) is 5.69 Å². The third-order valence-corrected chi connectivity index (χ3v) is 6.63. The molecule has 158 valence electrons. The summed E-state index contributed by atoms with van der Waals surface area (Å²) in [5.74, 6) is -0.388. The molecule has 0 spiro atoms. The van der Waals surface area contributed by atoms with Crippen molar-refractivity contribution in [3.8, 4) is 5.69 Å². The number of aromatic nitrogens is 2. The van der Waals surface area contributed by atoms with Crippen LogP contribution >= 0.6 is 22.9 Å². The molecule has 0 saturated heterocycles. The lowest BCUT2D eigenvalue weighted by molar-refractivity contribution is -0.116. The summed E-state index contributed by atoms with van der Waals surface area (Å²) in [6, 6.07) is 12.4. The molecule has 0 saturated carbocycles. The quantitative estimate of drug-likeness (QED) is 0.496. The van der Waals surface area contributed by atoms with Crippen LogP contribution in [0.25, 0.3) is 15.9 Å². The number of carbonyl (C=O) groups excluding carboxylic acids is 1. The van der Waals surface area contributed by atoms with E-state index >= 15 is 0 Å². The fourth-order valence-electron chi connectivity index (χ4n) is 3.45. The number of carbonyl (C=O) groups is 1. The van der Waals surface area contributed by atoms with E-state index in [0.29, 0.717) is 26.6 Å². The maximum atomic E-state index is 13.4. The van der Waals surface area contributed by atoms with Gasteiger partial charge < -0.3 is 5.32 Å². The van der Waals surface area contributed by atoms with Crippen LogP contribution in [0, 0.1) is 20.8 Å². The predicted octanol–water partition coefficient (Wildman–Crippen LogP) is 4.43. The number of thiophene rings is 1. The third-order valence-electron chi connectivity index (χ3n) is 5.33. The highest BCUT2D eigenvalue weighted by molar-refractivity contribution is 7.17. The number of rotatable bonds is 4. The lowest BCUT2D eigenvalue weighted by atomic mass is 10.1. The molecule has 31 heavy (non-hydrogen) atoms. The maximum absolute atomic E-state index is 13.4. The molecule has 1 N–H and O–H groups in total. The number of aryl methyl sites for hydroxylation is 2. The van der Waals surface area contributed by atoms with E-state index in [4.69, 9.17) is 11.6 Å². The van der Waals surface area contributed by atoms with Gasteiger partial charge in [0.25, 0.3) is 5.56 Å². The number of benzene rings is 2. The van der Waals surface area contributed by atoms with Crippen LogP contribution in [-0.2, 0) is 11.3 Å². The fourth-order valence-corrected chi connectivity index (χ4v) is 4.45. The molecular weight excluding hydrogens is 434 g/mol. The Morgan fingerprint density at radius 1 is 1.06 bits per heavy atom. The first-order valence-corrected chi connectivity index (χ1v) is 10.9. The van der Waals surface area contributed by atoms with Gasteiger partial charge in [0.1, 0.15) is 11.2 Å². The number of amides is 1. The van der Waals surface area contributed by atoms with E-state index in [9.17, 15) is 14.4 Å². The van der Waals surface area contributed by atoms with Gasteiger partial charge in [-0.15, -0.1) is 11.3 Å². The van der Waals surface area contributed by atoms with E-state index in [1.807, 2.05) is 32.9 Å². The average molecular weight is 454 g/mol. The molecule has 0 fully saturated rings. The van der Waals surface area contributed by atoms with Gasteiger partial charge in [-0.25, -0.2) is 9.36 Å². The second-order valence-corrected chi connectivity index (χ2v) is 8.70. The molecule has 4 rings (SSSR count). The lowest BCUT2D eigenvalue weighted by Crippen LogP contribution is -2.40. The molecule has 6 nitrogen and oxygen atoms in total. The second-order valence-electron chi connectivity index (χ2n) is 7.38. The van der Waals surface area contributed by atoms with Crippen molar-refractivity contribution in [2.24, 2.45) is 0 Å². The largest absolute Gasteiger partial charge is 0.336 e. The zero-order chi connectivity index (χ0) is 22.3. The summed E-state index contributed by atoms with van der Waals surface area (Å²) in [5, 5.41) is 5.05. The summed E-state index contributed by atoms with van der Waals surface area (Å²) in [7, 11) is 0. The molecule has 0 aliphatic heterocycles. The van der Waals surface area contributed by atoms with Gasteiger partial charge >= 0.3 is 5.69 Å². The van der Waals surface area contributed by atoms with Crippen LogP contribution in [0.15, 0.2) is 57.4 Å². The standard InChI is InChI=1S/C23H20ClN3O3S/c1-13-5-4-6-18(15(13)3)27-22(29)21-19(9-10-31-21)26(23(27)30)12-20(28)25-16-8-7-14(2)17(24)11-16/h4-11H,12H2,1-3H3,(H,25,28). The highest BCUT2D eigenvalue weighted by Crippen LogP contribution is 2.21. The molecule has 2 aromatic carbocycles. The van der Waals surface area contributed by atoms with Crippen LogP contribution < -0.4 is 16.6 Å². The SMILES string of the molecule is Cc1ccc(NC(=O)Cn2c(=O)n(-c3cccc(C)c3C)c(=O)c3sccc32)cc1Cl. The highest BCUT2D eigenvalue weighted by atomic mass is 35.5. The number of anilines is 1. The van der Waals surface area contributed by atoms with Crippen LogP contribution in [0.2, 0.25) is 5.02 Å². The average Bonchev–Trinajstić information content (AvgIpc) is 3.21. The first kappa shape index (κ1) is 21.1. The molecule has 0 aliphatic rings. The van der Waals surface area contributed by atoms with Crippen LogP contribution in [-0.4, -0.2) is 15.0 Å². The van der Waals surface area contributed by atoms with Crippen molar-refractivity contribution >= 4 is 44.7 Å². The first-order valence-electron chi connectivity index (χ1n) is 9.63. The molecule has 0 bridgehead atoms. The molecule has 4 aromatic rings. The summed E-state index contributed by atoms with van der Waals surface area (Å²) in [6.45, 7) is 5.43. The zero-order valence-electron chi connectivity index (χ0n) is 17.2. The van der Waals surface area contributed by atoms with Crippen molar-refractivity contribution in [1.29, 1.82) is 0 Å². The number of fused-ring (bicyclic) bond motifs is 1. The van der Waals surface area contributed by atoms with Gasteiger partial charge in [-0.05, 0) is 67.1 Å². The van der Waals surface area contributed by atoms with Crippen LogP contribution in [0.3, 0.4) is 0 Å². The smallest absolute Gasteiger partial charge is 0.324 e. The van der Waals surface area contributed by atoms with Crippen LogP contribution in [0.1, 0.15) is 16.7 Å². The number of halogens is 1. The van der Waals surface area contributed by atoms with Gasteiger partial charge in [-0.2, -0.15) is 0 Å². The van der Waals surface area contributed by atoms with Crippen molar-refractivity contribution in [2.45, 2.75) is 27.3 Å². The number of hydrogen-bond donors (Lipinski definition) is 1. The molecular formula is C23H20ClN3O3S. The van der Waals surface area contributed by atoms with Gasteiger partial charge in [0.2, 0.25) is 5.91 Å². The summed E-state index contributed by atoms with van der Waals surface area (Å²) < 4.78 is 2.91. The van der Waals surface area contributed by atoms with E-state index in [1.54, 1.807) is 35.7 Å². The van der Waals surface area contributed by atoms with Crippen molar-refractivity contribution in [1.82, 2.24) is 9.13 Å². The van der Waals surface area contributed by atoms with Gasteiger partial charge in [0, 0.05) is 10.7 Å². The molecule has 0 atom stereocenters. The minimum atomic E-state index is -0.554. The monoisotopic (exact) mass is 453 g/mol. The van der Waals surface area contributed by atoms with Crippen molar-refractivity contribution < 1.29 is 4.79 Å². The Bertz CT molecular complexity index is 1450. The molecule has 1 amide bonds. The Kier molecular flexibility index (Phi) is 5.56. The minimum absolute atomic E-state index is 0.233. The van der Waals surface area contributed by atoms with Crippen molar-refractivity contribution in [3.05, 3.63) is 90.4 Å². The number of nitrogens with zero attached hydrogens (tertiary/aromatic N) is 2. The predicted molar refractivity (Wildman–Crippen MR) is 126 cm³/mol. The summed E-state index contributed by atoms with van der Waals surface area (Å²) in [5.41, 5.74) is 3.27. The lowest BCUT2D eigenvalue weighted by Gasteiger charge is -2.15. The Labute approximate surface area is 187 Å². The highest BCUT2D eigenvalue weighted by Gasteiger charge is 2.19. The third kappa shape index (κ3) is 3.82. The summed E-state index contributed by atoms with van der Waals surface area (Å²) >= 11 is 7.38. The van der Waals surface area contributed by atoms with Crippen molar-refractivity contribution in [2.75, 3.05) is 5.32 Å². The van der Waals surface area contributed by atoms with E-state index < -0.39 is 5.69 Å². The molecule has 8 heteroatoms. The summed E-state index contributed by atoms with van der Waals surface area (Å²) in [4.78, 5) is 39.3. The van der Waals surface area contributed by atoms with E-state index in [1.165, 1.54) is 15.9 Å². The minimum Gasteiger partial charge on any atom is -0.324 e. The topological polar surface area (TPSA) is 73.1 Å². The number of nitrogens with one attached hydrogen (secondary N) is 1. The van der Waals surface area contributed by atoms with Gasteiger partial charge in [0.15, 0.2) is 0 Å². The van der Waals surface area contributed by atoms with E-state index in [0.717, 1.165) is 21.3 Å². The fraction of sp³-hybridized carbons (Fsp3) is 0.174. The Balaban J connectivity index is 1.81. The van der Waals surface area contributed by atoms with Gasteiger partial charge in [-0.3, -0.25) is 14.2 Å². The Morgan fingerprint density at radius 2 is 1.84 bits per heavy atom. The first-order chi connectivity index (χ1) is 14.8. The number of hydrogen-bond acceptors (Lipinski definition) is 4. The Morgan fingerprint density at radius 3 is 2.58 bits per heavy atom. The molecule has 0 aliphatic carbocycles. The maximum Gasteiger partial charge on any atom is 0.336 e. The molecule has 2 aromatic heterocycles. The van der Waals surface area contributed by atoms with E-state index in [-0.39, 0.29) is 18.0 Å². The van der Waals surface area contributed by atoms with Crippen molar-refractivity contribution in [3.63, 3.8) is 0 Å². The molecule has 2 heterocycles. The normalized spacial score (nSPS) is 11.1. The summed E-state index contributed by atoms with van der Waals surface area (Å²) in [6.07, 6.45) is 0. The molecule has 0 unspecified atom stereocenters. The van der Waals surface area contributed by atoms with E-state index in [2.05, 4.69) is 5.32 Å². The zero-order valence-corrected chi connectivity index (χ0v) is 18.8. The Hall–Kier alpha value is -3.16. The van der Waals surface area contributed by atoms with Crippen LogP contribution in [0.5, 0.6) is 0 Å². The second kappa shape index (κ2) is 8.17. The van der Waals surface area contributed by atoms with Gasteiger partial charge in [-0.1, -0.05) is 29.8 Å². The molecule has 0 radical (unpaired) electrons. The van der Waals surface area contributed by atoms with Gasteiger partial charge in [0.05, 0.1) is 11.2 Å².